The first-order chi connectivity index (χ1) is 10.1. The van der Waals surface area contributed by atoms with Gasteiger partial charge < -0.3 is 4.90 Å². The Morgan fingerprint density at radius 3 is 2.68 bits per heavy atom. The molecule has 0 N–H and O–H groups in total. The highest BCUT2D eigenvalue weighted by atomic mass is 32.2. The molecule has 0 amide bonds. The number of sulfonamides is 1. The van der Waals surface area contributed by atoms with Crippen molar-refractivity contribution in [2.24, 2.45) is 0 Å². The highest BCUT2D eigenvalue weighted by molar-refractivity contribution is 7.88. The maximum atomic E-state index is 13.1. The summed E-state index contributed by atoms with van der Waals surface area (Å²) in [5.74, 6) is -0.137. The number of hydrogen-bond donors (Lipinski definition) is 0. The van der Waals surface area contributed by atoms with E-state index in [2.05, 4.69) is 4.98 Å². The van der Waals surface area contributed by atoms with Crippen LogP contribution in [0.1, 0.15) is 18.4 Å². The molecule has 1 aromatic heterocycles. The molecule has 1 atom stereocenters. The molecular formula is C13H18F3N3O2S. The van der Waals surface area contributed by atoms with E-state index in [1.165, 1.54) is 28.5 Å². The summed E-state index contributed by atoms with van der Waals surface area (Å²) in [6.45, 7) is 0.623. The van der Waals surface area contributed by atoms with Crippen LogP contribution in [0, 0.1) is 0 Å². The number of alkyl halides is 3. The molecule has 1 fully saturated rings. The molecule has 5 nitrogen and oxygen atoms in total. The minimum atomic E-state index is -4.49. The van der Waals surface area contributed by atoms with Gasteiger partial charge in [0.1, 0.15) is 5.82 Å². The van der Waals surface area contributed by atoms with Gasteiger partial charge >= 0.3 is 6.18 Å². The Kier molecular flexibility index (Phi) is 4.67. The van der Waals surface area contributed by atoms with E-state index in [-0.39, 0.29) is 18.4 Å². The van der Waals surface area contributed by atoms with Gasteiger partial charge in [0, 0.05) is 32.4 Å². The normalized spacial score (nSPS) is 20.5. The van der Waals surface area contributed by atoms with Crippen LogP contribution in [-0.4, -0.2) is 50.1 Å². The van der Waals surface area contributed by atoms with Crippen molar-refractivity contribution in [1.29, 1.82) is 0 Å². The third-order valence-electron chi connectivity index (χ3n) is 3.83. The molecule has 1 unspecified atom stereocenters. The lowest BCUT2D eigenvalue weighted by Gasteiger charge is -2.37. The van der Waals surface area contributed by atoms with Gasteiger partial charge in [0.2, 0.25) is 10.0 Å². The molecular weight excluding hydrogens is 319 g/mol. The van der Waals surface area contributed by atoms with E-state index in [9.17, 15) is 21.6 Å². The van der Waals surface area contributed by atoms with E-state index in [1.54, 1.807) is 0 Å². The monoisotopic (exact) mass is 337 g/mol. The van der Waals surface area contributed by atoms with Crippen LogP contribution >= 0.6 is 0 Å². The summed E-state index contributed by atoms with van der Waals surface area (Å²) in [6.07, 6.45) is -0.853. The molecule has 0 aliphatic carbocycles. The maximum Gasteiger partial charge on any atom is 0.419 e. The number of pyridine rings is 1. The van der Waals surface area contributed by atoms with Crippen LogP contribution in [0.15, 0.2) is 18.3 Å². The van der Waals surface area contributed by atoms with E-state index >= 15 is 0 Å². The van der Waals surface area contributed by atoms with E-state index in [0.717, 1.165) is 12.3 Å². The molecule has 0 spiro atoms. The van der Waals surface area contributed by atoms with Crippen molar-refractivity contribution in [2.45, 2.75) is 25.1 Å². The molecule has 1 aromatic rings. The Labute approximate surface area is 127 Å². The number of hydrogen-bond acceptors (Lipinski definition) is 4. The Morgan fingerprint density at radius 1 is 1.41 bits per heavy atom. The quantitative estimate of drug-likeness (QED) is 0.846. The highest BCUT2D eigenvalue weighted by Gasteiger charge is 2.37. The Bertz CT molecular complexity index is 634. The van der Waals surface area contributed by atoms with Gasteiger partial charge in [0.05, 0.1) is 11.8 Å². The molecule has 2 heterocycles. The van der Waals surface area contributed by atoms with Gasteiger partial charge in [-0.3, -0.25) is 0 Å². The number of anilines is 1. The molecule has 1 saturated heterocycles. The zero-order valence-electron chi connectivity index (χ0n) is 12.3. The molecule has 9 heteroatoms. The summed E-state index contributed by atoms with van der Waals surface area (Å²) < 4.78 is 63.7. The summed E-state index contributed by atoms with van der Waals surface area (Å²) >= 11 is 0. The highest BCUT2D eigenvalue weighted by Crippen LogP contribution is 2.36. The predicted molar refractivity (Wildman–Crippen MR) is 77.1 cm³/mol. The Morgan fingerprint density at radius 2 is 2.09 bits per heavy atom. The number of rotatable bonds is 3. The second-order valence-corrected chi connectivity index (χ2v) is 7.44. The summed E-state index contributed by atoms with van der Waals surface area (Å²) in [4.78, 5) is 5.38. The smallest absolute Gasteiger partial charge is 0.355 e. The lowest BCUT2D eigenvalue weighted by molar-refractivity contribution is -0.137. The zero-order valence-corrected chi connectivity index (χ0v) is 13.2. The molecule has 2 rings (SSSR count). The van der Waals surface area contributed by atoms with Gasteiger partial charge in [0.15, 0.2) is 0 Å². The van der Waals surface area contributed by atoms with Crippen LogP contribution in [0.3, 0.4) is 0 Å². The van der Waals surface area contributed by atoms with Crippen LogP contribution in [0.5, 0.6) is 0 Å². The fourth-order valence-electron chi connectivity index (χ4n) is 2.58. The van der Waals surface area contributed by atoms with Gasteiger partial charge in [-0.05, 0) is 25.0 Å². The third-order valence-corrected chi connectivity index (χ3v) is 5.17. The van der Waals surface area contributed by atoms with E-state index in [4.69, 9.17) is 0 Å². The average Bonchev–Trinajstić information content (AvgIpc) is 2.45. The fourth-order valence-corrected chi connectivity index (χ4v) is 3.30. The van der Waals surface area contributed by atoms with Crippen molar-refractivity contribution in [3.8, 4) is 0 Å². The lowest BCUT2D eigenvalue weighted by atomic mass is 10.1. The van der Waals surface area contributed by atoms with Crippen molar-refractivity contribution in [3.05, 3.63) is 23.9 Å². The molecule has 0 aromatic carbocycles. The minimum Gasteiger partial charge on any atom is -0.355 e. The average molecular weight is 337 g/mol. The van der Waals surface area contributed by atoms with Crippen molar-refractivity contribution in [1.82, 2.24) is 9.29 Å². The third kappa shape index (κ3) is 3.70. The SMILES string of the molecule is CN(C1CCCN(c2ncccc2C(F)(F)F)C1)S(C)(=O)=O. The van der Waals surface area contributed by atoms with Crippen LogP contribution in [0.2, 0.25) is 0 Å². The van der Waals surface area contributed by atoms with Crippen LogP contribution in [-0.2, 0) is 16.2 Å². The molecule has 0 saturated carbocycles. The van der Waals surface area contributed by atoms with Gasteiger partial charge in [-0.15, -0.1) is 0 Å². The van der Waals surface area contributed by atoms with Gasteiger partial charge in [0.25, 0.3) is 0 Å². The van der Waals surface area contributed by atoms with Gasteiger partial charge in [-0.25, -0.2) is 17.7 Å². The van der Waals surface area contributed by atoms with E-state index in [0.29, 0.717) is 19.4 Å². The number of halogens is 3. The van der Waals surface area contributed by atoms with E-state index in [1.807, 2.05) is 0 Å². The topological polar surface area (TPSA) is 53.5 Å². The van der Waals surface area contributed by atoms with E-state index < -0.39 is 21.8 Å². The number of aromatic nitrogens is 1. The van der Waals surface area contributed by atoms with Crippen molar-refractivity contribution >= 4 is 15.8 Å². The van der Waals surface area contributed by atoms with Crippen molar-refractivity contribution in [2.75, 3.05) is 31.3 Å². The molecule has 124 valence electrons. The summed E-state index contributed by atoms with van der Waals surface area (Å²) in [5.41, 5.74) is -0.794. The number of nitrogens with zero attached hydrogens (tertiary/aromatic N) is 3. The maximum absolute atomic E-state index is 13.1. The Hall–Kier alpha value is -1.35. The number of likely N-dealkylation sites (N-methyl/N-ethyl adjacent to an activating group) is 1. The van der Waals surface area contributed by atoms with Gasteiger partial charge in [-0.2, -0.15) is 13.2 Å². The zero-order chi connectivity index (χ0) is 16.5. The van der Waals surface area contributed by atoms with Crippen LogP contribution in [0.4, 0.5) is 19.0 Å². The van der Waals surface area contributed by atoms with Crippen LogP contribution < -0.4 is 4.90 Å². The molecule has 0 bridgehead atoms. The molecule has 22 heavy (non-hydrogen) atoms. The first kappa shape index (κ1) is 17.0. The molecule has 1 aliphatic rings. The van der Waals surface area contributed by atoms with Gasteiger partial charge in [-0.1, -0.05) is 0 Å². The Balaban J connectivity index is 2.28. The van der Waals surface area contributed by atoms with Crippen molar-refractivity contribution in [3.63, 3.8) is 0 Å². The lowest BCUT2D eigenvalue weighted by Crippen LogP contribution is -2.48. The molecule has 0 radical (unpaired) electrons. The second kappa shape index (κ2) is 6.04. The second-order valence-electron chi connectivity index (χ2n) is 5.39. The predicted octanol–water partition coefficient (Wildman–Crippen LogP) is 1.96. The standard InChI is InChI=1S/C13H18F3N3O2S/c1-18(22(2,20)21)10-5-4-8-19(9-10)12-11(13(14,15)16)6-3-7-17-12/h3,6-7,10H,4-5,8-9H2,1-2H3. The first-order valence-corrected chi connectivity index (χ1v) is 8.65. The van der Waals surface area contributed by atoms with Crippen LogP contribution in [0.25, 0.3) is 0 Å². The minimum absolute atomic E-state index is 0.137. The fraction of sp³-hybridized carbons (Fsp3) is 0.615. The first-order valence-electron chi connectivity index (χ1n) is 6.81. The largest absolute Gasteiger partial charge is 0.419 e. The molecule has 1 aliphatic heterocycles. The number of piperidine rings is 1. The summed E-state index contributed by atoms with van der Waals surface area (Å²) in [7, 11) is -1.93. The summed E-state index contributed by atoms with van der Waals surface area (Å²) in [5, 5.41) is 0. The van der Waals surface area contributed by atoms with Crippen molar-refractivity contribution < 1.29 is 21.6 Å². The summed E-state index contributed by atoms with van der Waals surface area (Å²) in [6, 6.07) is 1.88.